The van der Waals surface area contributed by atoms with E-state index in [1.807, 2.05) is 0 Å². The van der Waals surface area contributed by atoms with E-state index in [1.165, 1.54) is 0 Å². The van der Waals surface area contributed by atoms with Crippen LogP contribution in [0.25, 0.3) is 0 Å². The molecule has 6 nitrogen and oxygen atoms in total. The van der Waals surface area contributed by atoms with Gasteiger partial charge in [-0.15, -0.1) is 4.28 Å². The summed E-state index contributed by atoms with van der Waals surface area (Å²) in [5.74, 6) is 0. The first kappa shape index (κ1) is 9.56. The molecule has 0 saturated heterocycles. The molecule has 1 atom stereocenters. The van der Waals surface area contributed by atoms with Crippen LogP contribution in [-0.2, 0) is 28.7 Å². The molecule has 0 heterocycles. The molecule has 0 aliphatic rings. The predicted octanol–water partition coefficient (Wildman–Crippen LogP) is -1.19. The number of carbonyl (C=O) groups is 1. The largest absolute Gasteiger partial charge is 0.350 e. The highest BCUT2D eigenvalue weighted by atomic mass is 32.9. The second-order valence-corrected chi connectivity index (χ2v) is 3.67. The van der Waals surface area contributed by atoms with Gasteiger partial charge in [-0.25, -0.2) is 4.79 Å². The van der Waals surface area contributed by atoms with Gasteiger partial charge in [-0.05, 0) is 0 Å². The van der Waals surface area contributed by atoms with E-state index in [0.29, 0.717) is 0 Å². The van der Waals surface area contributed by atoms with E-state index in [2.05, 4.69) is 25.4 Å². The average molecular weight is 186 g/mol. The van der Waals surface area contributed by atoms with Crippen molar-refractivity contribution in [2.75, 3.05) is 7.11 Å². The second-order valence-electron chi connectivity index (χ2n) is 1.12. The van der Waals surface area contributed by atoms with E-state index < -0.39 is 15.1 Å². The molecular formula is C2H6N2O4S2. The van der Waals surface area contributed by atoms with Crippen molar-refractivity contribution in [2.24, 2.45) is 5.73 Å². The van der Waals surface area contributed by atoms with Crippen LogP contribution < -0.4 is 11.2 Å². The number of nitrogens with two attached hydrogens (primary N) is 1. The van der Waals surface area contributed by atoms with E-state index in [-0.39, 0.29) is 0 Å². The fraction of sp³-hybridized carbons (Fsp3) is 0.500. The maximum absolute atomic E-state index is 10.6. The zero-order valence-electron chi connectivity index (χ0n) is 5.03. The van der Waals surface area contributed by atoms with Crippen molar-refractivity contribution in [1.82, 2.24) is 5.48 Å². The summed E-state index contributed by atoms with van der Waals surface area (Å²) in [6, 6.07) is -0.991. The monoisotopic (exact) mass is 186 g/mol. The van der Waals surface area contributed by atoms with Crippen LogP contribution in [0.15, 0.2) is 0 Å². The topological polar surface area (TPSA) is 90.7 Å². The normalized spacial score (nSPS) is 15.7. The maximum Gasteiger partial charge on any atom is 0.337 e. The molecule has 0 aliphatic heterocycles. The van der Waals surface area contributed by atoms with Crippen molar-refractivity contribution in [2.45, 2.75) is 0 Å². The van der Waals surface area contributed by atoms with Gasteiger partial charge in [0.1, 0.15) is 0 Å². The van der Waals surface area contributed by atoms with E-state index >= 15 is 0 Å². The Kier molecular flexibility index (Phi) is 3.50. The summed E-state index contributed by atoms with van der Waals surface area (Å²) < 4.78 is 18.7. The van der Waals surface area contributed by atoms with Gasteiger partial charge in [0.2, 0.25) is 0 Å². The first-order chi connectivity index (χ1) is 4.48. The van der Waals surface area contributed by atoms with E-state index in [1.54, 1.807) is 5.48 Å². The number of carbonyl (C=O) groups excluding carboxylic acids is 1. The van der Waals surface area contributed by atoms with Crippen LogP contribution in [0.4, 0.5) is 4.79 Å². The highest BCUT2D eigenvalue weighted by molar-refractivity contribution is 8.27. The highest BCUT2D eigenvalue weighted by Crippen LogP contribution is 1.88. The van der Waals surface area contributed by atoms with Crippen LogP contribution in [0.1, 0.15) is 0 Å². The molecule has 1 unspecified atom stereocenters. The Balaban J connectivity index is 3.81. The van der Waals surface area contributed by atoms with Gasteiger partial charge in [-0.2, -0.15) is 9.69 Å². The molecule has 0 radical (unpaired) electrons. The molecule has 0 aromatic carbocycles. The van der Waals surface area contributed by atoms with E-state index in [4.69, 9.17) is 0 Å². The molecule has 0 fully saturated rings. The third-order valence-corrected chi connectivity index (χ3v) is 1.76. The van der Waals surface area contributed by atoms with Gasteiger partial charge in [-0.3, -0.25) is 4.18 Å². The quantitative estimate of drug-likeness (QED) is 0.541. The smallest absolute Gasteiger partial charge is 0.337 e. The number of nitrogens with one attached hydrogen (secondary N) is 1. The Morgan fingerprint density at radius 2 is 2.30 bits per heavy atom. The summed E-state index contributed by atoms with van der Waals surface area (Å²) in [6.45, 7) is 0. The van der Waals surface area contributed by atoms with Gasteiger partial charge in [-0.1, -0.05) is 0 Å². The zero-order valence-corrected chi connectivity index (χ0v) is 6.66. The first-order valence-electron chi connectivity index (χ1n) is 2.02. The summed E-state index contributed by atoms with van der Waals surface area (Å²) >= 11 is 4.18. The number of hydroxylamine groups is 1. The summed E-state index contributed by atoms with van der Waals surface area (Å²) in [5, 5.41) is 0. The molecule has 0 saturated carbocycles. The van der Waals surface area contributed by atoms with Crippen LogP contribution in [-0.4, -0.2) is 17.3 Å². The third-order valence-electron chi connectivity index (χ3n) is 0.448. The van der Waals surface area contributed by atoms with E-state index in [0.717, 1.165) is 7.11 Å². The Morgan fingerprint density at radius 3 is 2.60 bits per heavy atom. The molecule has 0 spiro atoms. The fourth-order valence-electron chi connectivity index (χ4n) is 0.126. The van der Waals surface area contributed by atoms with Crippen molar-refractivity contribution in [3.63, 3.8) is 0 Å². The Hall–Kier alpha value is -0.440. The summed E-state index contributed by atoms with van der Waals surface area (Å²) in [6.07, 6.45) is 0. The minimum absolute atomic E-state index is 0.991. The standard InChI is InChI=1S/C2H6N2O4S2/c1-7-10(6,9)8-4-2(3)5/h1H3,(H3,3,4,5). The zero-order chi connectivity index (χ0) is 8.20. The lowest BCUT2D eigenvalue weighted by Crippen LogP contribution is -2.31. The second kappa shape index (κ2) is 3.66. The van der Waals surface area contributed by atoms with Crippen molar-refractivity contribution in [1.29, 1.82) is 0 Å². The lowest BCUT2D eigenvalue weighted by atomic mass is 11.2. The number of hydrogen-bond acceptors (Lipinski definition) is 5. The number of hydrogen-bond donors (Lipinski definition) is 2. The molecule has 10 heavy (non-hydrogen) atoms. The van der Waals surface area contributed by atoms with Gasteiger partial charge in [0.25, 0.3) is 9.05 Å². The first-order valence-corrected chi connectivity index (χ1v) is 4.36. The van der Waals surface area contributed by atoms with Crippen LogP contribution in [0, 0.1) is 0 Å². The van der Waals surface area contributed by atoms with Crippen LogP contribution in [0.2, 0.25) is 0 Å². The van der Waals surface area contributed by atoms with Crippen molar-refractivity contribution in [3.8, 4) is 0 Å². The van der Waals surface area contributed by atoms with Crippen molar-refractivity contribution >= 4 is 26.3 Å². The van der Waals surface area contributed by atoms with Crippen LogP contribution in [0.5, 0.6) is 0 Å². The molecule has 0 aromatic heterocycles. The number of rotatable bonds is 3. The molecule has 2 amide bonds. The minimum atomic E-state index is -3.29. The molecule has 8 heteroatoms. The third kappa shape index (κ3) is 4.44. The lowest BCUT2D eigenvalue weighted by Gasteiger charge is -2.02. The minimum Gasteiger partial charge on any atom is -0.350 e. The number of urea groups is 1. The molecular weight excluding hydrogens is 180 g/mol. The summed E-state index contributed by atoms with van der Waals surface area (Å²) in [5.41, 5.74) is 6.12. The summed E-state index contributed by atoms with van der Waals surface area (Å²) in [7, 11) is -2.21. The SMILES string of the molecule is COS(=O)(=S)ONC(N)=O. The molecule has 0 bridgehead atoms. The van der Waals surface area contributed by atoms with Crippen molar-refractivity contribution in [3.05, 3.63) is 0 Å². The highest BCUT2D eigenvalue weighted by Gasteiger charge is 2.04. The van der Waals surface area contributed by atoms with Gasteiger partial charge in [0.05, 0.1) is 7.11 Å². The predicted molar refractivity (Wildman–Crippen MR) is 36.3 cm³/mol. The molecule has 3 N–H and O–H groups in total. The van der Waals surface area contributed by atoms with E-state index in [9.17, 15) is 9.00 Å². The van der Waals surface area contributed by atoms with Crippen LogP contribution in [0.3, 0.4) is 0 Å². The maximum atomic E-state index is 10.6. The average Bonchev–Trinajstić information content (AvgIpc) is 1.85. The molecule has 0 rings (SSSR count). The summed E-state index contributed by atoms with van der Waals surface area (Å²) in [4.78, 5) is 9.92. The lowest BCUT2D eigenvalue weighted by molar-refractivity contribution is 0.180. The Bertz CT molecular complexity index is 209. The number of amides is 2. The Morgan fingerprint density at radius 1 is 1.80 bits per heavy atom. The van der Waals surface area contributed by atoms with Crippen molar-refractivity contribution < 1.29 is 17.5 Å². The number of primary amides is 1. The van der Waals surface area contributed by atoms with Gasteiger partial charge in [0, 0.05) is 11.2 Å². The van der Waals surface area contributed by atoms with Gasteiger partial charge >= 0.3 is 6.03 Å². The Labute approximate surface area is 62.7 Å². The molecule has 0 aromatic rings. The van der Waals surface area contributed by atoms with Crippen LogP contribution >= 0.6 is 0 Å². The molecule has 0 aliphatic carbocycles. The molecule has 60 valence electrons. The van der Waals surface area contributed by atoms with Gasteiger partial charge in [0.15, 0.2) is 0 Å². The fourth-order valence-corrected chi connectivity index (χ4v) is 0.480. The van der Waals surface area contributed by atoms with Gasteiger partial charge < -0.3 is 5.73 Å².